The summed E-state index contributed by atoms with van der Waals surface area (Å²) in [7, 11) is 1.67. The van der Waals surface area contributed by atoms with Gasteiger partial charge in [0, 0.05) is 5.56 Å². The van der Waals surface area contributed by atoms with Crippen molar-refractivity contribution in [2.45, 2.75) is 0 Å². The van der Waals surface area contributed by atoms with Gasteiger partial charge in [-0.15, -0.1) is 11.3 Å². The molecule has 0 amide bonds. The van der Waals surface area contributed by atoms with Crippen LogP contribution in [0, 0.1) is 5.51 Å². The molecule has 2 aromatic carbocycles. The van der Waals surface area contributed by atoms with Gasteiger partial charge in [0.05, 0.1) is 17.3 Å². The summed E-state index contributed by atoms with van der Waals surface area (Å²) < 4.78 is 6.34. The summed E-state index contributed by atoms with van der Waals surface area (Å²) in [5.41, 5.74) is 6.31. The molecule has 3 aromatic rings. The van der Waals surface area contributed by atoms with Crippen molar-refractivity contribution in [2.75, 3.05) is 7.11 Å². The highest BCUT2D eigenvalue weighted by Gasteiger charge is 2.05. The first-order valence-corrected chi connectivity index (χ1v) is 6.10. The number of hydrogen-bond donors (Lipinski definition) is 0. The Morgan fingerprint density at radius 1 is 1.12 bits per heavy atom. The minimum absolute atomic E-state index is 0.872. The molecule has 1 radical (unpaired) electrons. The normalized spacial score (nSPS) is 10.6. The summed E-state index contributed by atoms with van der Waals surface area (Å²) in [6.07, 6.45) is 0. The highest BCUT2D eigenvalue weighted by molar-refractivity contribution is 7.16. The molecular weight excluding hydrogens is 230 g/mol. The highest BCUT2D eigenvalue weighted by Crippen LogP contribution is 2.31. The lowest BCUT2D eigenvalue weighted by Crippen LogP contribution is -1.83. The van der Waals surface area contributed by atoms with E-state index in [-0.39, 0.29) is 0 Å². The Morgan fingerprint density at radius 2 is 1.94 bits per heavy atom. The van der Waals surface area contributed by atoms with E-state index in [1.165, 1.54) is 15.8 Å². The molecule has 0 N–H and O–H groups in total. The Kier molecular flexibility index (Phi) is 2.53. The number of thiazole rings is 1. The van der Waals surface area contributed by atoms with E-state index in [1.54, 1.807) is 18.4 Å². The van der Waals surface area contributed by atoms with Gasteiger partial charge in [-0.25, -0.2) is 4.98 Å². The van der Waals surface area contributed by atoms with Gasteiger partial charge in [-0.05, 0) is 23.8 Å². The molecule has 3 heteroatoms. The predicted molar refractivity (Wildman–Crippen MR) is 70.4 cm³/mol. The summed E-state index contributed by atoms with van der Waals surface area (Å²) in [6, 6.07) is 14.2. The van der Waals surface area contributed by atoms with Crippen molar-refractivity contribution in [2.24, 2.45) is 0 Å². The maximum absolute atomic E-state index is 5.16. The van der Waals surface area contributed by atoms with Gasteiger partial charge in [-0.3, -0.25) is 0 Å². The zero-order valence-electron chi connectivity index (χ0n) is 9.31. The first-order valence-electron chi connectivity index (χ1n) is 5.28. The van der Waals surface area contributed by atoms with Crippen molar-refractivity contribution in [3.63, 3.8) is 0 Å². The van der Waals surface area contributed by atoms with E-state index < -0.39 is 0 Å². The van der Waals surface area contributed by atoms with Gasteiger partial charge in [0.2, 0.25) is 0 Å². The third kappa shape index (κ3) is 1.78. The number of nitrogens with zero attached hydrogens (tertiary/aromatic N) is 1. The summed E-state index contributed by atoms with van der Waals surface area (Å²) in [5, 5.41) is 0. The average Bonchev–Trinajstić information content (AvgIpc) is 2.87. The molecule has 0 aliphatic rings. The van der Waals surface area contributed by atoms with Crippen molar-refractivity contribution in [1.29, 1.82) is 0 Å². The average molecular weight is 240 g/mol. The van der Waals surface area contributed by atoms with Crippen LogP contribution in [0.5, 0.6) is 5.75 Å². The molecule has 3 rings (SSSR count). The Labute approximate surface area is 104 Å². The number of rotatable bonds is 2. The fourth-order valence-corrected chi connectivity index (χ4v) is 2.59. The van der Waals surface area contributed by atoms with Gasteiger partial charge < -0.3 is 4.74 Å². The highest BCUT2D eigenvalue weighted by atomic mass is 32.1. The number of ether oxygens (including phenoxy) is 1. The molecular formula is C14H10NOS. The Balaban J connectivity index is 2.16. The van der Waals surface area contributed by atoms with Crippen LogP contribution >= 0.6 is 11.3 Å². The lowest BCUT2D eigenvalue weighted by Gasteiger charge is -2.04. The molecule has 0 saturated heterocycles. The second kappa shape index (κ2) is 4.18. The monoisotopic (exact) mass is 240 g/mol. The van der Waals surface area contributed by atoms with Crippen molar-refractivity contribution >= 4 is 21.6 Å². The van der Waals surface area contributed by atoms with Crippen LogP contribution in [-0.4, -0.2) is 12.1 Å². The van der Waals surface area contributed by atoms with Gasteiger partial charge in [0.1, 0.15) is 5.75 Å². The zero-order chi connectivity index (χ0) is 11.7. The van der Waals surface area contributed by atoms with E-state index in [2.05, 4.69) is 28.7 Å². The lowest BCUT2D eigenvalue weighted by atomic mass is 10.1. The van der Waals surface area contributed by atoms with Crippen LogP contribution in [0.3, 0.4) is 0 Å². The van der Waals surface area contributed by atoms with Crippen LogP contribution in [-0.2, 0) is 0 Å². The van der Waals surface area contributed by atoms with E-state index in [0.717, 1.165) is 11.3 Å². The minimum Gasteiger partial charge on any atom is -0.497 e. The van der Waals surface area contributed by atoms with Crippen LogP contribution < -0.4 is 4.74 Å². The SMILES string of the molecule is COc1ccc(-c2cccc3n[c]sc23)cc1. The second-order valence-electron chi connectivity index (χ2n) is 3.69. The minimum atomic E-state index is 0.872. The zero-order valence-corrected chi connectivity index (χ0v) is 10.1. The topological polar surface area (TPSA) is 22.1 Å². The molecule has 0 fully saturated rings. The van der Waals surface area contributed by atoms with Crippen LogP contribution in [0.15, 0.2) is 42.5 Å². The standard InChI is InChI=1S/C14H10NOS/c1-16-11-7-5-10(6-8-11)12-3-2-4-13-14(12)17-9-15-13/h2-8H,1H3. The Hall–Kier alpha value is -1.87. The molecule has 0 unspecified atom stereocenters. The van der Waals surface area contributed by atoms with Crippen LogP contribution in [0.4, 0.5) is 0 Å². The predicted octanol–water partition coefficient (Wildman–Crippen LogP) is 3.77. The third-order valence-corrected chi connectivity index (χ3v) is 3.52. The van der Waals surface area contributed by atoms with Gasteiger partial charge in [0.25, 0.3) is 0 Å². The second-order valence-corrected chi connectivity index (χ2v) is 4.48. The molecule has 0 saturated carbocycles. The summed E-state index contributed by atoms with van der Waals surface area (Å²) >= 11 is 1.55. The van der Waals surface area contributed by atoms with Gasteiger partial charge in [0.15, 0.2) is 5.51 Å². The van der Waals surface area contributed by atoms with E-state index >= 15 is 0 Å². The first-order chi connectivity index (χ1) is 8.38. The molecule has 83 valence electrons. The van der Waals surface area contributed by atoms with Crippen molar-refractivity contribution in [3.8, 4) is 16.9 Å². The maximum atomic E-state index is 5.16. The largest absolute Gasteiger partial charge is 0.497 e. The van der Waals surface area contributed by atoms with Gasteiger partial charge >= 0.3 is 0 Å². The third-order valence-electron chi connectivity index (χ3n) is 2.71. The number of methoxy groups -OCH3 is 1. The summed E-state index contributed by atoms with van der Waals surface area (Å²) in [4.78, 5) is 4.21. The fraction of sp³-hybridized carbons (Fsp3) is 0.0714. The van der Waals surface area contributed by atoms with E-state index in [9.17, 15) is 0 Å². The van der Waals surface area contributed by atoms with Crippen molar-refractivity contribution in [1.82, 2.24) is 4.98 Å². The van der Waals surface area contributed by atoms with Crippen molar-refractivity contribution in [3.05, 3.63) is 48.0 Å². The van der Waals surface area contributed by atoms with E-state index in [0.29, 0.717) is 0 Å². The number of benzene rings is 2. The Bertz CT molecular complexity index is 643. The van der Waals surface area contributed by atoms with Crippen LogP contribution in [0.1, 0.15) is 0 Å². The quantitative estimate of drug-likeness (QED) is 0.680. The molecule has 1 heterocycles. The molecule has 1 aromatic heterocycles. The molecule has 2 nitrogen and oxygen atoms in total. The number of fused-ring (bicyclic) bond motifs is 1. The maximum Gasteiger partial charge on any atom is 0.153 e. The molecule has 17 heavy (non-hydrogen) atoms. The van der Waals surface area contributed by atoms with Crippen LogP contribution in [0.2, 0.25) is 0 Å². The summed E-state index contributed by atoms with van der Waals surface area (Å²) in [5.74, 6) is 0.872. The first kappa shape index (κ1) is 10.3. The fourth-order valence-electron chi connectivity index (χ4n) is 1.84. The van der Waals surface area contributed by atoms with E-state index in [1.807, 2.05) is 24.3 Å². The van der Waals surface area contributed by atoms with Crippen LogP contribution in [0.25, 0.3) is 21.3 Å². The molecule has 0 atom stereocenters. The number of hydrogen-bond acceptors (Lipinski definition) is 3. The molecule has 0 bridgehead atoms. The Morgan fingerprint density at radius 3 is 2.71 bits per heavy atom. The number of aromatic nitrogens is 1. The summed E-state index contributed by atoms with van der Waals surface area (Å²) in [6.45, 7) is 0. The van der Waals surface area contributed by atoms with E-state index in [4.69, 9.17) is 4.74 Å². The molecule has 0 spiro atoms. The smallest absolute Gasteiger partial charge is 0.153 e. The van der Waals surface area contributed by atoms with Gasteiger partial charge in [-0.1, -0.05) is 24.3 Å². The molecule has 0 aliphatic heterocycles. The molecule has 0 aliphatic carbocycles. The van der Waals surface area contributed by atoms with Crippen molar-refractivity contribution < 1.29 is 4.74 Å². The lowest BCUT2D eigenvalue weighted by molar-refractivity contribution is 0.415. The van der Waals surface area contributed by atoms with Gasteiger partial charge in [-0.2, -0.15) is 0 Å².